The highest BCUT2D eigenvalue weighted by atomic mass is 16.5. The van der Waals surface area contributed by atoms with Crippen LogP contribution in [0.5, 0.6) is 11.5 Å². The van der Waals surface area contributed by atoms with E-state index in [0.29, 0.717) is 13.2 Å². The van der Waals surface area contributed by atoms with E-state index in [1.807, 2.05) is 74.5 Å². The van der Waals surface area contributed by atoms with Gasteiger partial charge in [-0.25, -0.2) is 0 Å². The van der Waals surface area contributed by atoms with E-state index >= 15 is 0 Å². The normalized spacial score (nSPS) is 12.7. The summed E-state index contributed by atoms with van der Waals surface area (Å²) >= 11 is 0. The molecule has 2 rings (SSSR count). The van der Waals surface area contributed by atoms with E-state index in [1.54, 1.807) is 14.2 Å². The molecule has 0 N–H and O–H groups in total. The molecule has 0 aliphatic heterocycles. The zero-order valence-corrected chi connectivity index (χ0v) is 15.0. The lowest BCUT2D eigenvalue weighted by atomic mass is 10.3. The van der Waals surface area contributed by atoms with Crippen molar-refractivity contribution in [3.63, 3.8) is 0 Å². The van der Waals surface area contributed by atoms with Crippen molar-refractivity contribution in [1.29, 1.82) is 0 Å². The van der Waals surface area contributed by atoms with Gasteiger partial charge in [-0.15, -0.1) is 0 Å². The third kappa shape index (κ3) is 9.30. The second-order valence-corrected chi connectivity index (χ2v) is 5.37. The minimum absolute atomic E-state index is 0.151. The summed E-state index contributed by atoms with van der Waals surface area (Å²) in [5.74, 6) is 1.74. The summed E-state index contributed by atoms with van der Waals surface area (Å²) in [5, 5.41) is 0. The molecule has 0 saturated carbocycles. The van der Waals surface area contributed by atoms with Gasteiger partial charge in [0.25, 0.3) is 0 Å². The Morgan fingerprint density at radius 1 is 0.708 bits per heavy atom. The molecule has 2 aromatic rings. The predicted molar refractivity (Wildman–Crippen MR) is 96.7 cm³/mol. The van der Waals surface area contributed by atoms with Gasteiger partial charge in [-0.1, -0.05) is 36.4 Å². The fourth-order valence-corrected chi connectivity index (χ4v) is 1.76. The standard InChI is InChI=1S/C12H10O.C8H18O3/c1-3-7-11(8-4-1)13-12-9-5-2-6-10-12;1-7(10-4)6-11-8(2)5-9-3/h1-10H;7-8H,5-6H2,1-4H3. The van der Waals surface area contributed by atoms with Crippen molar-refractivity contribution in [1.82, 2.24) is 0 Å². The Morgan fingerprint density at radius 3 is 1.62 bits per heavy atom. The van der Waals surface area contributed by atoms with Gasteiger partial charge in [0.05, 0.1) is 25.4 Å². The minimum atomic E-state index is 0.151. The SMILES string of the molecule is COCC(C)OCC(C)OC.c1ccc(Oc2ccccc2)cc1. The molecular weight excluding hydrogens is 304 g/mol. The van der Waals surface area contributed by atoms with E-state index in [2.05, 4.69) is 0 Å². The van der Waals surface area contributed by atoms with Gasteiger partial charge in [0, 0.05) is 14.2 Å². The quantitative estimate of drug-likeness (QED) is 0.710. The molecule has 0 bridgehead atoms. The van der Waals surface area contributed by atoms with E-state index in [-0.39, 0.29) is 12.2 Å². The van der Waals surface area contributed by atoms with Crippen LogP contribution in [-0.4, -0.2) is 39.6 Å². The second kappa shape index (κ2) is 12.5. The van der Waals surface area contributed by atoms with Crippen LogP contribution in [0.4, 0.5) is 0 Å². The Bertz CT molecular complexity index is 478. The summed E-state index contributed by atoms with van der Waals surface area (Å²) in [6.45, 7) is 5.21. The fourth-order valence-electron chi connectivity index (χ4n) is 1.76. The van der Waals surface area contributed by atoms with Gasteiger partial charge in [-0.3, -0.25) is 0 Å². The zero-order valence-electron chi connectivity index (χ0n) is 15.0. The van der Waals surface area contributed by atoms with E-state index in [1.165, 1.54) is 0 Å². The van der Waals surface area contributed by atoms with Gasteiger partial charge < -0.3 is 18.9 Å². The van der Waals surface area contributed by atoms with Crippen LogP contribution in [0, 0.1) is 0 Å². The molecule has 0 aliphatic rings. The first-order chi connectivity index (χ1) is 11.7. The zero-order chi connectivity index (χ0) is 17.6. The number of hydrogen-bond donors (Lipinski definition) is 0. The summed E-state index contributed by atoms with van der Waals surface area (Å²) in [4.78, 5) is 0. The topological polar surface area (TPSA) is 36.9 Å². The lowest BCUT2D eigenvalue weighted by Gasteiger charge is -2.14. The van der Waals surface area contributed by atoms with Crippen molar-refractivity contribution < 1.29 is 18.9 Å². The monoisotopic (exact) mass is 332 g/mol. The largest absolute Gasteiger partial charge is 0.457 e. The van der Waals surface area contributed by atoms with Gasteiger partial charge in [0.15, 0.2) is 0 Å². The van der Waals surface area contributed by atoms with E-state index in [4.69, 9.17) is 18.9 Å². The Morgan fingerprint density at radius 2 is 1.21 bits per heavy atom. The number of ether oxygens (including phenoxy) is 4. The van der Waals surface area contributed by atoms with Crippen LogP contribution >= 0.6 is 0 Å². The van der Waals surface area contributed by atoms with Crippen LogP contribution in [0.2, 0.25) is 0 Å². The van der Waals surface area contributed by atoms with Crippen molar-refractivity contribution >= 4 is 0 Å². The average molecular weight is 332 g/mol. The van der Waals surface area contributed by atoms with Gasteiger partial charge >= 0.3 is 0 Å². The number of hydrogen-bond acceptors (Lipinski definition) is 4. The highest BCUT2D eigenvalue weighted by Crippen LogP contribution is 2.19. The number of para-hydroxylation sites is 2. The fraction of sp³-hybridized carbons (Fsp3) is 0.400. The van der Waals surface area contributed by atoms with Gasteiger partial charge in [0.2, 0.25) is 0 Å². The lowest BCUT2D eigenvalue weighted by Crippen LogP contribution is -2.21. The smallest absolute Gasteiger partial charge is 0.127 e. The van der Waals surface area contributed by atoms with Crippen molar-refractivity contribution in [3.8, 4) is 11.5 Å². The molecule has 4 heteroatoms. The summed E-state index contributed by atoms with van der Waals surface area (Å²) in [5.41, 5.74) is 0. The summed E-state index contributed by atoms with van der Waals surface area (Å²) in [6, 6.07) is 19.5. The number of rotatable bonds is 8. The van der Waals surface area contributed by atoms with Crippen molar-refractivity contribution in [2.45, 2.75) is 26.1 Å². The molecule has 0 spiro atoms. The number of methoxy groups -OCH3 is 2. The number of benzene rings is 2. The van der Waals surface area contributed by atoms with Crippen LogP contribution in [0.1, 0.15) is 13.8 Å². The Labute approximate surface area is 145 Å². The molecule has 0 aliphatic carbocycles. The third-order valence-corrected chi connectivity index (χ3v) is 3.14. The van der Waals surface area contributed by atoms with Crippen LogP contribution in [0.15, 0.2) is 60.7 Å². The molecule has 0 saturated heterocycles. The predicted octanol–water partition coefficient (Wildman–Crippen LogP) is 4.55. The molecule has 2 unspecified atom stereocenters. The first-order valence-corrected chi connectivity index (χ1v) is 8.07. The van der Waals surface area contributed by atoms with E-state index < -0.39 is 0 Å². The first kappa shape index (κ1) is 20.2. The minimum Gasteiger partial charge on any atom is -0.457 e. The molecule has 24 heavy (non-hydrogen) atoms. The molecule has 0 amide bonds. The summed E-state index contributed by atoms with van der Waals surface area (Å²) < 4.78 is 20.9. The maximum atomic E-state index is 5.58. The second-order valence-electron chi connectivity index (χ2n) is 5.37. The average Bonchev–Trinajstić information content (AvgIpc) is 2.62. The molecule has 132 valence electrons. The highest BCUT2D eigenvalue weighted by Gasteiger charge is 2.04. The van der Waals surface area contributed by atoms with Crippen molar-refractivity contribution in [2.24, 2.45) is 0 Å². The maximum absolute atomic E-state index is 5.58. The van der Waals surface area contributed by atoms with Gasteiger partial charge in [-0.2, -0.15) is 0 Å². The molecule has 0 heterocycles. The third-order valence-electron chi connectivity index (χ3n) is 3.14. The van der Waals surface area contributed by atoms with Gasteiger partial charge in [0.1, 0.15) is 11.5 Å². The molecule has 4 nitrogen and oxygen atoms in total. The molecule has 2 atom stereocenters. The van der Waals surface area contributed by atoms with E-state index in [9.17, 15) is 0 Å². The van der Waals surface area contributed by atoms with Crippen LogP contribution in [0.3, 0.4) is 0 Å². The summed E-state index contributed by atoms with van der Waals surface area (Å²) in [6.07, 6.45) is 0.312. The highest BCUT2D eigenvalue weighted by molar-refractivity contribution is 5.30. The van der Waals surface area contributed by atoms with Crippen molar-refractivity contribution in [3.05, 3.63) is 60.7 Å². The molecule has 0 aromatic heterocycles. The Hall–Kier alpha value is -1.88. The van der Waals surface area contributed by atoms with Crippen molar-refractivity contribution in [2.75, 3.05) is 27.4 Å². The lowest BCUT2D eigenvalue weighted by molar-refractivity contribution is -0.0386. The molecule has 2 aromatic carbocycles. The molecule has 0 radical (unpaired) electrons. The Balaban J connectivity index is 0.000000245. The first-order valence-electron chi connectivity index (χ1n) is 8.07. The summed E-state index contributed by atoms with van der Waals surface area (Å²) in [7, 11) is 3.34. The molecule has 0 fully saturated rings. The van der Waals surface area contributed by atoms with Crippen LogP contribution in [-0.2, 0) is 14.2 Å². The van der Waals surface area contributed by atoms with E-state index in [0.717, 1.165) is 11.5 Å². The Kier molecular flexibility index (Phi) is 10.5. The maximum Gasteiger partial charge on any atom is 0.127 e. The van der Waals surface area contributed by atoms with Crippen LogP contribution < -0.4 is 4.74 Å². The van der Waals surface area contributed by atoms with Gasteiger partial charge in [-0.05, 0) is 38.1 Å². The van der Waals surface area contributed by atoms with Crippen LogP contribution in [0.25, 0.3) is 0 Å². The molecular formula is C20H28O4.